The summed E-state index contributed by atoms with van der Waals surface area (Å²) in [6, 6.07) is 31.4. The summed E-state index contributed by atoms with van der Waals surface area (Å²) in [7, 11) is 0. The number of carbonyl (C=O) groups excluding carboxylic acids is 3. The van der Waals surface area contributed by atoms with E-state index in [-0.39, 0.29) is 11.8 Å². The Morgan fingerprint density at radius 3 is 1.31 bits per heavy atom. The molecule has 1 N–H and O–H groups in total. The molecular formula is C51H69N3O4. The third-order valence-corrected chi connectivity index (χ3v) is 10.7. The van der Waals surface area contributed by atoms with Crippen molar-refractivity contribution in [1.82, 2.24) is 0 Å². The number of esters is 1. The Hall–Kier alpha value is -4.91. The van der Waals surface area contributed by atoms with E-state index in [1.165, 1.54) is 70.6 Å². The van der Waals surface area contributed by atoms with Gasteiger partial charge in [0.15, 0.2) is 0 Å². The highest BCUT2D eigenvalue weighted by molar-refractivity contribution is 6.08. The summed E-state index contributed by atoms with van der Waals surface area (Å²) >= 11 is 0. The number of nitrogens with one attached hydrogen (secondary N) is 1. The summed E-state index contributed by atoms with van der Waals surface area (Å²) < 4.78 is 5.54. The van der Waals surface area contributed by atoms with Crippen LogP contribution in [0.25, 0.3) is 0 Å². The molecule has 0 aliphatic heterocycles. The molecule has 0 spiro atoms. The number of nitrogens with zero attached hydrogens (tertiary/aromatic N) is 2. The Balaban J connectivity index is 1.48. The lowest BCUT2D eigenvalue weighted by Gasteiger charge is -2.25. The number of hydrogen-bond donors (Lipinski definition) is 1. The van der Waals surface area contributed by atoms with E-state index in [9.17, 15) is 14.4 Å². The van der Waals surface area contributed by atoms with E-state index in [1.807, 2.05) is 88.7 Å². The van der Waals surface area contributed by atoms with Crippen molar-refractivity contribution in [2.24, 2.45) is 0 Å². The number of benzene rings is 4. The maximum Gasteiger partial charge on any atom is 0.343 e. The molecule has 0 aromatic heterocycles. The topological polar surface area (TPSA) is 79.0 Å². The minimum Gasteiger partial charge on any atom is -0.423 e. The lowest BCUT2D eigenvalue weighted by molar-refractivity contribution is 0.0734. The first-order chi connectivity index (χ1) is 28.4. The lowest BCUT2D eigenvalue weighted by Crippen LogP contribution is -2.33. The standard InChI is InChI=1S/C51H69N3O4/c1-4-7-10-13-16-22-39-52-45-33-27-42(28-34-45)49(55)53(40-23-17-14-11-8-5-2)46-35-29-43(30-36-46)50(56)54(41-24-18-15-12-9-6-3)47-37-31-44(32-38-47)51(57)58-48-25-20-19-21-26-48/h19-21,25-38,52H,4-18,22-24,39-41H2,1-3H3. The molecule has 58 heavy (non-hydrogen) atoms. The number of amides is 2. The zero-order valence-corrected chi connectivity index (χ0v) is 35.7. The van der Waals surface area contributed by atoms with Gasteiger partial charge in [-0.1, -0.05) is 135 Å². The van der Waals surface area contributed by atoms with Crippen molar-refractivity contribution >= 4 is 34.8 Å². The van der Waals surface area contributed by atoms with Crippen LogP contribution in [0.5, 0.6) is 5.75 Å². The number of anilines is 3. The highest BCUT2D eigenvalue weighted by Crippen LogP contribution is 2.25. The molecule has 0 unspecified atom stereocenters. The Kier molecular flexibility index (Phi) is 21.2. The smallest absolute Gasteiger partial charge is 0.343 e. The SMILES string of the molecule is CCCCCCCCNc1ccc(C(=O)N(CCCCCCCC)c2ccc(C(=O)N(CCCCCCCC)c3ccc(C(=O)Oc4ccccc4)cc3)cc2)cc1. The Labute approximate surface area is 349 Å². The van der Waals surface area contributed by atoms with Crippen molar-refractivity contribution in [3.8, 4) is 5.75 Å². The van der Waals surface area contributed by atoms with Gasteiger partial charge in [-0.25, -0.2) is 4.79 Å². The van der Waals surface area contributed by atoms with E-state index >= 15 is 0 Å². The fraction of sp³-hybridized carbons (Fsp3) is 0.471. The highest BCUT2D eigenvalue weighted by atomic mass is 16.5. The maximum atomic E-state index is 14.2. The number of ether oxygens (including phenoxy) is 1. The van der Waals surface area contributed by atoms with Crippen molar-refractivity contribution in [3.63, 3.8) is 0 Å². The molecule has 4 aromatic rings. The molecule has 0 fully saturated rings. The third kappa shape index (κ3) is 15.8. The van der Waals surface area contributed by atoms with Crippen LogP contribution in [-0.4, -0.2) is 37.4 Å². The van der Waals surface area contributed by atoms with E-state index < -0.39 is 5.97 Å². The van der Waals surface area contributed by atoms with Crippen LogP contribution in [-0.2, 0) is 0 Å². The van der Waals surface area contributed by atoms with Gasteiger partial charge in [-0.3, -0.25) is 9.59 Å². The van der Waals surface area contributed by atoms with Crippen molar-refractivity contribution in [2.45, 2.75) is 136 Å². The monoisotopic (exact) mass is 788 g/mol. The maximum absolute atomic E-state index is 14.2. The van der Waals surface area contributed by atoms with Crippen LogP contribution >= 0.6 is 0 Å². The summed E-state index contributed by atoms with van der Waals surface area (Å²) in [5, 5.41) is 3.52. The summed E-state index contributed by atoms with van der Waals surface area (Å²) in [6.07, 6.45) is 21.0. The van der Waals surface area contributed by atoms with Crippen LogP contribution in [0.3, 0.4) is 0 Å². The first-order valence-corrected chi connectivity index (χ1v) is 22.4. The predicted molar refractivity (Wildman–Crippen MR) is 243 cm³/mol. The molecule has 0 saturated carbocycles. The summed E-state index contributed by atoms with van der Waals surface area (Å²) in [5.74, 6) is -0.113. The highest BCUT2D eigenvalue weighted by Gasteiger charge is 2.22. The molecular weight excluding hydrogens is 719 g/mol. The van der Waals surface area contributed by atoms with Gasteiger partial charge in [-0.05, 0) is 104 Å². The third-order valence-electron chi connectivity index (χ3n) is 10.7. The van der Waals surface area contributed by atoms with Gasteiger partial charge >= 0.3 is 5.97 Å². The largest absolute Gasteiger partial charge is 0.423 e. The van der Waals surface area contributed by atoms with Gasteiger partial charge in [0, 0.05) is 47.8 Å². The van der Waals surface area contributed by atoms with Gasteiger partial charge in [-0.2, -0.15) is 0 Å². The molecule has 0 aliphatic carbocycles. The molecule has 312 valence electrons. The van der Waals surface area contributed by atoms with E-state index in [1.54, 1.807) is 24.3 Å². The molecule has 4 rings (SSSR count). The second-order valence-corrected chi connectivity index (χ2v) is 15.5. The second kappa shape index (κ2) is 26.9. The predicted octanol–water partition coefficient (Wildman–Crippen LogP) is 13.7. The van der Waals surface area contributed by atoms with Gasteiger partial charge in [0.1, 0.15) is 5.75 Å². The molecule has 7 heteroatoms. The van der Waals surface area contributed by atoms with Crippen LogP contribution in [0.15, 0.2) is 103 Å². The average molecular weight is 788 g/mol. The van der Waals surface area contributed by atoms with Gasteiger partial charge in [-0.15, -0.1) is 0 Å². The van der Waals surface area contributed by atoms with Crippen LogP contribution in [0.4, 0.5) is 17.1 Å². The minimum atomic E-state index is -0.446. The number of hydrogen-bond acceptors (Lipinski definition) is 5. The van der Waals surface area contributed by atoms with E-state index in [0.29, 0.717) is 35.5 Å². The fourth-order valence-corrected chi connectivity index (χ4v) is 7.19. The number of para-hydroxylation sites is 1. The van der Waals surface area contributed by atoms with Crippen molar-refractivity contribution in [2.75, 3.05) is 34.8 Å². The molecule has 0 heterocycles. The molecule has 0 saturated heterocycles. The van der Waals surface area contributed by atoms with Gasteiger partial charge in [0.05, 0.1) is 5.56 Å². The quantitative estimate of drug-likeness (QED) is 0.0352. The second-order valence-electron chi connectivity index (χ2n) is 15.5. The molecule has 2 amide bonds. The normalized spacial score (nSPS) is 10.9. The Bertz CT molecular complexity index is 1740. The van der Waals surface area contributed by atoms with E-state index in [2.05, 4.69) is 26.1 Å². The van der Waals surface area contributed by atoms with Crippen molar-refractivity contribution in [3.05, 3.63) is 120 Å². The number of unbranched alkanes of at least 4 members (excludes halogenated alkanes) is 15. The molecule has 7 nitrogen and oxygen atoms in total. The molecule has 0 bridgehead atoms. The Morgan fingerprint density at radius 2 is 0.845 bits per heavy atom. The van der Waals surface area contributed by atoms with Crippen LogP contribution in [0.2, 0.25) is 0 Å². The van der Waals surface area contributed by atoms with Gasteiger partial charge in [0.2, 0.25) is 0 Å². The van der Waals surface area contributed by atoms with Crippen LogP contribution in [0.1, 0.15) is 167 Å². The van der Waals surface area contributed by atoms with Gasteiger partial charge in [0.25, 0.3) is 11.8 Å². The molecule has 0 aliphatic rings. The van der Waals surface area contributed by atoms with E-state index in [0.717, 1.165) is 68.6 Å². The molecule has 0 radical (unpaired) electrons. The van der Waals surface area contributed by atoms with Crippen molar-refractivity contribution in [1.29, 1.82) is 0 Å². The molecule has 0 atom stereocenters. The Morgan fingerprint density at radius 1 is 0.448 bits per heavy atom. The summed E-state index contributed by atoms with van der Waals surface area (Å²) in [6.45, 7) is 8.78. The number of rotatable bonds is 28. The van der Waals surface area contributed by atoms with E-state index in [4.69, 9.17) is 4.74 Å². The van der Waals surface area contributed by atoms with Gasteiger partial charge < -0.3 is 19.9 Å². The van der Waals surface area contributed by atoms with Crippen molar-refractivity contribution < 1.29 is 19.1 Å². The first kappa shape index (κ1) is 45.8. The van der Waals surface area contributed by atoms with Crippen LogP contribution in [0, 0.1) is 0 Å². The fourth-order valence-electron chi connectivity index (χ4n) is 7.19. The minimum absolute atomic E-state index is 0.0364. The zero-order chi connectivity index (χ0) is 41.2. The zero-order valence-electron chi connectivity index (χ0n) is 35.7. The number of carbonyl (C=O) groups is 3. The average Bonchev–Trinajstić information content (AvgIpc) is 3.26. The summed E-state index contributed by atoms with van der Waals surface area (Å²) in [4.78, 5) is 44.9. The summed E-state index contributed by atoms with van der Waals surface area (Å²) in [5.41, 5.74) is 4.15. The molecule has 4 aromatic carbocycles. The lowest BCUT2D eigenvalue weighted by atomic mass is 10.1. The van der Waals surface area contributed by atoms with Crippen LogP contribution < -0.4 is 19.9 Å². The first-order valence-electron chi connectivity index (χ1n) is 22.4.